The predicted octanol–water partition coefficient (Wildman–Crippen LogP) is 4.73. The van der Waals surface area contributed by atoms with Crippen molar-refractivity contribution in [1.82, 2.24) is 9.97 Å². The maximum absolute atomic E-state index is 12.7. The van der Waals surface area contributed by atoms with Gasteiger partial charge in [-0.15, -0.1) is 11.3 Å². The Bertz CT molecular complexity index is 1010. The topological polar surface area (TPSA) is 59.9 Å². The number of aryl methyl sites for hydroxylation is 1. The second-order valence-corrected chi connectivity index (χ2v) is 8.06. The van der Waals surface area contributed by atoms with E-state index >= 15 is 0 Å². The van der Waals surface area contributed by atoms with Gasteiger partial charge in [0.15, 0.2) is 5.78 Å². The highest BCUT2D eigenvalue weighted by Gasteiger charge is 2.17. The highest BCUT2D eigenvalue weighted by molar-refractivity contribution is 7.11. The Morgan fingerprint density at radius 2 is 1.93 bits per heavy atom. The zero-order chi connectivity index (χ0) is 20.1. The first-order valence-electron chi connectivity index (χ1n) is 9.11. The number of benzene rings is 1. The van der Waals surface area contributed by atoms with Gasteiger partial charge in [-0.2, -0.15) is 0 Å². The molecule has 0 saturated carbocycles. The van der Waals surface area contributed by atoms with Crippen LogP contribution in [-0.2, 0) is 22.4 Å². The molecule has 0 radical (unpaired) electrons. The maximum atomic E-state index is 12.7. The van der Waals surface area contributed by atoms with Gasteiger partial charge in [0.05, 0.1) is 12.8 Å². The highest BCUT2D eigenvalue weighted by Crippen LogP contribution is 2.26. The third-order valence-corrected chi connectivity index (χ3v) is 5.52. The van der Waals surface area contributed by atoms with Gasteiger partial charge in [-0.25, -0.2) is 4.98 Å². The molecule has 5 heteroatoms. The lowest BCUT2D eigenvalue weighted by molar-refractivity contribution is -0.119. The molecule has 2 heterocycles. The van der Waals surface area contributed by atoms with Crippen LogP contribution in [0.15, 0.2) is 61.4 Å². The number of allylic oxidation sites excluding steroid dienone is 1. The van der Waals surface area contributed by atoms with Crippen molar-refractivity contribution < 1.29 is 9.59 Å². The maximum Gasteiger partial charge on any atom is 0.161 e. The van der Waals surface area contributed by atoms with Gasteiger partial charge in [0.2, 0.25) is 0 Å². The van der Waals surface area contributed by atoms with E-state index in [0.29, 0.717) is 12.1 Å². The average Bonchev–Trinajstić information content (AvgIpc) is 3.12. The number of carbonyl (C=O) groups excluding carboxylic acids is 2. The number of hydrogen-bond donors (Lipinski definition) is 0. The fourth-order valence-electron chi connectivity index (χ4n) is 2.91. The Balaban J connectivity index is 1.75. The molecule has 1 unspecified atom stereocenters. The molecule has 0 aliphatic rings. The number of nitrogens with zero attached hydrogens (tertiary/aromatic N) is 2. The van der Waals surface area contributed by atoms with Crippen molar-refractivity contribution in [3.8, 4) is 11.1 Å². The minimum atomic E-state index is -0.207. The van der Waals surface area contributed by atoms with Crippen molar-refractivity contribution in [3.63, 3.8) is 0 Å². The molecule has 2 aromatic heterocycles. The third-order valence-electron chi connectivity index (χ3n) is 4.61. The Kier molecular flexibility index (Phi) is 6.26. The van der Waals surface area contributed by atoms with Crippen LogP contribution in [0.4, 0.5) is 0 Å². The average molecular weight is 391 g/mol. The smallest absolute Gasteiger partial charge is 0.161 e. The van der Waals surface area contributed by atoms with Crippen LogP contribution in [0.1, 0.15) is 34.0 Å². The molecule has 0 N–H and O–H groups in total. The highest BCUT2D eigenvalue weighted by atomic mass is 32.1. The van der Waals surface area contributed by atoms with Gasteiger partial charge in [0.1, 0.15) is 10.8 Å². The zero-order valence-electron chi connectivity index (χ0n) is 16.0. The number of carbonyl (C=O) groups is 2. The van der Waals surface area contributed by atoms with Crippen LogP contribution in [0.5, 0.6) is 0 Å². The summed E-state index contributed by atoms with van der Waals surface area (Å²) in [6.07, 6.45) is 5.49. The van der Waals surface area contributed by atoms with Crippen LogP contribution in [0, 0.1) is 6.92 Å². The molecule has 4 nitrogen and oxygen atoms in total. The zero-order valence-corrected chi connectivity index (χ0v) is 16.8. The second-order valence-electron chi connectivity index (χ2n) is 6.74. The van der Waals surface area contributed by atoms with E-state index in [9.17, 15) is 9.59 Å². The van der Waals surface area contributed by atoms with Crippen LogP contribution in [0.2, 0.25) is 0 Å². The number of thiazole rings is 1. The Labute approximate surface area is 169 Å². The molecule has 28 heavy (non-hydrogen) atoms. The molecular formula is C23H22N2O2S. The van der Waals surface area contributed by atoms with E-state index in [4.69, 9.17) is 0 Å². The van der Waals surface area contributed by atoms with Crippen LogP contribution in [0.25, 0.3) is 11.1 Å². The third kappa shape index (κ3) is 4.87. The Morgan fingerprint density at radius 1 is 1.11 bits per heavy atom. The van der Waals surface area contributed by atoms with Crippen LogP contribution in [-0.4, -0.2) is 21.5 Å². The van der Waals surface area contributed by atoms with E-state index in [1.807, 2.05) is 50.2 Å². The van der Waals surface area contributed by atoms with Crippen LogP contribution >= 0.6 is 11.3 Å². The van der Waals surface area contributed by atoms with Crippen molar-refractivity contribution in [1.29, 1.82) is 0 Å². The van der Waals surface area contributed by atoms with Gasteiger partial charge in [-0.05, 0) is 30.2 Å². The molecule has 0 amide bonds. The van der Waals surface area contributed by atoms with Crippen molar-refractivity contribution in [2.24, 2.45) is 0 Å². The van der Waals surface area contributed by atoms with Gasteiger partial charge >= 0.3 is 0 Å². The van der Waals surface area contributed by atoms with E-state index in [-0.39, 0.29) is 23.9 Å². The lowest BCUT2D eigenvalue weighted by Crippen LogP contribution is -2.12. The quantitative estimate of drug-likeness (QED) is 0.522. The van der Waals surface area contributed by atoms with Crippen LogP contribution < -0.4 is 0 Å². The van der Waals surface area contributed by atoms with Gasteiger partial charge in [0.25, 0.3) is 0 Å². The molecule has 0 bridgehead atoms. The Hall–Kier alpha value is -2.92. The van der Waals surface area contributed by atoms with Crippen LogP contribution in [0.3, 0.4) is 0 Å². The standard InChI is InChI=1S/C23H22N2O2S/c1-4-21(26)11-20-9-8-19(14-24-20)18-7-5-6-17(10-18)16(3)22(27)12-23-25-13-15(2)28-23/h4-10,13-14,16H,1,11-12H2,2-3H3. The van der Waals surface area contributed by atoms with E-state index in [0.717, 1.165) is 26.6 Å². The number of Topliss-reactive ketones (excluding diaryl/α,β-unsaturated/α-hetero) is 1. The lowest BCUT2D eigenvalue weighted by atomic mass is 9.92. The van der Waals surface area contributed by atoms with Crippen molar-refractivity contribution in [2.45, 2.75) is 32.6 Å². The van der Waals surface area contributed by atoms with Gasteiger partial charge in [-0.3, -0.25) is 14.6 Å². The number of pyridine rings is 1. The molecule has 3 aromatic rings. The first-order valence-corrected chi connectivity index (χ1v) is 9.92. The number of rotatable bonds is 8. The predicted molar refractivity (Wildman–Crippen MR) is 113 cm³/mol. The molecule has 0 spiro atoms. The van der Waals surface area contributed by atoms with Crippen molar-refractivity contribution >= 4 is 22.9 Å². The Morgan fingerprint density at radius 3 is 2.57 bits per heavy atom. The van der Waals surface area contributed by atoms with Crippen molar-refractivity contribution in [3.05, 3.63) is 82.6 Å². The first kappa shape index (κ1) is 19.8. The molecule has 142 valence electrons. The summed E-state index contributed by atoms with van der Waals surface area (Å²) in [4.78, 5) is 33.9. The molecule has 1 aromatic carbocycles. The summed E-state index contributed by atoms with van der Waals surface area (Å²) < 4.78 is 0. The molecule has 0 aliphatic heterocycles. The molecule has 3 rings (SSSR count). The molecule has 0 aliphatic carbocycles. The summed E-state index contributed by atoms with van der Waals surface area (Å²) in [7, 11) is 0. The first-order chi connectivity index (χ1) is 13.5. The van der Waals surface area contributed by atoms with E-state index in [1.54, 1.807) is 23.7 Å². The number of aromatic nitrogens is 2. The lowest BCUT2D eigenvalue weighted by Gasteiger charge is -2.12. The van der Waals surface area contributed by atoms with E-state index < -0.39 is 0 Å². The van der Waals surface area contributed by atoms with Crippen molar-refractivity contribution in [2.75, 3.05) is 0 Å². The van der Waals surface area contributed by atoms with Gasteiger partial charge in [0, 0.05) is 34.4 Å². The molecule has 1 atom stereocenters. The summed E-state index contributed by atoms with van der Waals surface area (Å²) in [5.74, 6) is -0.102. The summed E-state index contributed by atoms with van der Waals surface area (Å²) in [6.45, 7) is 7.41. The van der Waals surface area contributed by atoms with E-state index in [1.165, 1.54) is 6.08 Å². The minimum Gasteiger partial charge on any atom is -0.299 e. The molecular weight excluding hydrogens is 368 g/mol. The number of hydrogen-bond acceptors (Lipinski definition) is 5. The largest absolute Gasteiger partial charge is 0.299 e. The molecule has 0 fully saturated rings. The second kappa shape index (κ2) is 8.85. The van der Waals surface area contributed by atoms with Gasteiger partial charge in [-0.1, -0.05) is 43.8 Å². The van der Waals surface area contributed by atoms with E-state index in [2.05, 4.69) is 16.5 Å². The summed E-state index contributed by atoms with van der Waals surface area (Å²) in [5, 5.41) is 0.861. The summed E-state index contributed by atoms with van der Waals surface area (Å²) >= 11 is 1.57. The fraction of sp³-hybridized carbons (Fsp3) is 0.217. The SMILES string of the molecule is C=CC(=O)Cc1ccc(-c2cccc(C(C)C(=O)Cc3ncc(C)s3)c2)cn1. The normalized spacial score (nSPS) is 11.8. The molecule has 0 saturated heterocycles. The summed E-state index contributed by atoms with van der Waals surface area (Å²) in [5.41, 5.74) is 3.64. The van der Waals surface area contributed by atoms with Gasteiger partial charge < -0.3 is 0 Å². The summed E-state index contributed by atoms with van der Waals surface area (Å²) in [6, 6.07) is 11.8. The monoisotopic (exact) mass is 390 g/mol. The minimum absolute atomic E-state index is 0.0509. The number of ketones is 2. The fourth-order valence-corrected chi connectivity index (χ4v) is 3.71.